The van der Waals surface area contributed by atoms with Crippen LogP contribution in [0.2, 0.25) is 0 Å². The molecular weight excluding hydrogens is 173 g/mol. The molecule has 1 N–H and O–H groups in total. The second kappa shape index (κ2) is 3.08. The first-order valence-corrected chi connectivity index (χ1v) is 3.29. The average molecular weight is 180 g/mol. The summed E-state index contributed by atoms with van der Waals surface area (Å²) in [5, 5.41) is 12.2. The number of H-pyrrole nitrogens is 1. The second-order valence-electron chi connectivity index (χ2n) is 2.49. The summed E-state index contributed by atoms with van der Waals surface area (Å²) in [6.07, 6.45) is -5.10. The molecule has 68 valence electrons. The summed E-state index contributed by atoms with van der Waals surface area (Å²) in [7, 11) is 0. The summed E-state index contributed by atoms with van der Waals surface area (Å²) in [6, 6.07) is 0. The predicted octanol–water partition coefficient (Wildman–Crippen LogP) is 1.26. The first-order chi connectivity index (χ1) is 5.49. The minimum Gasteiger partial charge on any atom is -0.177 e. The molecule has 0 amide bonds. The molecular formula is C5H7F3N4. The summed E-state index contributed by atoms with van der Waals surface area (Å²) in [6.45, 7) is 1.40. The van der Waals surface area contributed by atoms with Gasteiger partial charge < -0.3 is 0 Å². The molecule has 4 nitrogen and oxygen atoms in total. The monoisotopic (exact) mass is 180 g/mol. The summed E-state index contributed by atoms with van der Waals surface area (Å²) in [4.78, 5) is 0. The lowest BCUT2D eigenvalue weighted by atomic mass is 10.1. The van der Waals surface area contributed by atoms with Crippen molar-refractivity contribution in [3.05, 3.63) is 5.82 Å². The molecule has 0 saturated heterocycles. The lowest BCUT2D eigenvalue weighted by Crippen LogP contribution is -2.12. The fraction of sp³-hybridized carbons (Fsp3) is 0.800. The molecule has 0 aliphatic carbocycles. The van der Waals surface area contributed by atoms with Crippen LogP contribution < -0.4 is 0 Å². The zero-order valence-electron chi connectivity index (χ0n) is 6.26. The van der Waals surface area contributed by atoms with Crippen molar-refractivity contribution in [2.45, 2.75) is 25.4 Å². The van der Waals surface area contributed by atoms with Crippen LogP contribution in [-0.4, -0.2) is 26.8 Å². The SMILES string of the molecule is CC(CC(F)(F)F)c1nn[nH]n1. The molecule has 0 aliphatic rings. The van der Waals surface area contributed by atoms with E-state index < -0.39 is 18.5 Å². The van der Waals surface area contributed by atoms with Crippen LogP contribution in [0.25, 0.3) is 0 Å². The van der Waals surface area contributed by atoms with Crippen molar-refractivity contribution in [3.63, 3.8) is 0 Å². The van der Waals surface area contributed by atoms with Crippen molar-refractivity contribution >= 4 is 0 Å². The van der Waals surface area contributed by atoms with E-state index >= 15 is 0 Å². The van der Waals surface area contributed by atoms with Gasteiger partial charge in [0.25, 0.3) is 0 Å². The summed E-state index contributed by atoms with van der Waals surface area (Å²) in [5.41, 5.74) is 0. The van der Waals surface area contributed by atoms with Gasteiger partial charge in [-0.1, -0.05) is 12.1 Å². The maximum atomic E-state index is 11.8. The van der Waals surface area contributed by atoms with Gasteiger partial charge >= 0.3 is 6.18 Å². The van der Waals surface area contributed by atoms with Crippen molar-refractivity contribution in [3.8, 4) is 0 Å². The predicted molar refractivity (Wildman–Crippen MR) is 33.3 cm³/mol. The Kier molecular flexibility index (Phi) is 2.30. The van der Waals surface area contributed by atoms with E-state index in [1.54, 1.807) is 0 Å². The van der Waals surface area contributed by atoms with Crippen molar-refractivity contribution in [1.29, 1.82) is 0 Å². The molecule has 1 aromatic heterocycles. The molecule has 1 aromatic rings. The molecule has 7 heteroatoms. The Bertz CT molecular complexity index is 229. The molecule has 1 rings (SSSR count). The molecule has 0 fully saturated rings. The van der Waals surface area contributed by atoms with Crippen LogP contribution in [-0.2, 0) is 0 Å². The Morgan fingerprint density at radius 1 is 1.50 bits per heavy atom. The molecule has 1 unspecified atom stereocenters. The lowest BCUT2D eigenvalue weighted by Gasteiger charge is -2.09. The molecule has 0 radical (unpaired) electrons. The highest BCUT2D eigenvalue weighted by Crippen LogP contribution is 2.28. The minimum atomic E-state index is -4.18. The molecule has 0 saturated carbocycles. The standard InChI is InChI=1S/C5H7F3N4/c1-3(2-5(6,7)8)4-9-11-12-10-4/h3H,2H2,1H3,(H,9,10,11,12). The van der Waals surface area contributed by atoms with Crippen molar-refractivity contribution in [1.82, 2.24) is 20.6 Å². The van der Waals surface area contributed by atoms with E-state index in [1.165, 1.54) is 6.92 Å². The fourth-order valence-electron chi connectivity index (χ4n) is 0.817. The van der Waals surface area contributed by atoms with E-state index in [0.29, 0.717) is 0 Å². The zero-order chi connectivity index (χ0) is 9.19. The Labute approximate surface area is 66.2 Å². The van der Waals surface area contributed by atoms with Gasteiger partial charge in [0.05, 0.1) is 6.42 Å². The summed E-state index contributed by atoms with van der Waals surface area (Å²) >= 11 is 0. The number of alkyl halides is 3. The number of halogens is 3. The Morgan fingerprint density at radius 2 is 2.17 bits per heavy atom. The number of aromatic amines is 1. The van der Waals surface area contributed by atoms with Gasteiger partial charge in [-0.3, -0.25) is 0 Å². The molecule has 0 aromatic carbocycles. The second-order valence-corrected chi connectivity index (χ2v) is 2.49. The maximum absolute atomic E-state index is 11.8. The average Bonchev–Trinajstić information content (AvgIpc) is 2.32. The van der Waals surface area contributed by atoms with E-state index in [9.17, 15) is 13.2 Å². The number of hydrogen-bond acceptors (Lipinski definition) is 3. The van der Waals surface area contributed by atoms with Gasteiger partial charge in [-0.25, -0.2) is 0 Å². The minimum absolute atomic E-state index is 0.0901. The molecule has 0 spiro atoms. The maximum Gasteiger partial charge on any atom is 0.389 e. The Morgan fingerprint density at radius 3 is 2.58 bits per heavy atom. The number of hydrogen-bond donors (Lipinski definition) is 1. The van der Waals surface area contributed by atoms with Gasteiger partial charge in [-0.05, 0) is 0 Å². The summed E-state index contributed by atoms with van der Waals surface area (Å²) in [5.74, 6) is -0.656. The van der Waals surface area contributed by atoms with Crippen molar-refractivity contribution < 1.29 is 13.2 Å². The van der Waals surface area contributed by atoms with E-state index in [4.69, 9.17) is 0 Å². The molecule has 1 atom stereocenters. The van der Waals surface area contributed by atoms with Crippen LogP contribution in [0.4, 0.5) is 13.2 Å². The Hall–Kier alpha value is -1.14. The normalized spacial score (nSPS) is 14.7. The quantitative estimate of drug-likeness (QED) is 0.745. The number of nitrogens with one attached hydrogen (secondary N) is 1. The summed E-state index contributed by atoms with van der Waals surface area (Å²) < 4.78 is 35.4. The van der Waals surface area contributed by atoms with E-state index in [2.05, 4.69) is 20.6 Å². The van der Waals surface area contributed by atoms with Crippen LogP contribution in [0.3, 0.4) is 0 Å². The highest BCUT2D eigenvalue weighted by molar-refractivity contribution is 4.88. The molecule has 12 heavy (non-hydrogen) atoms. The topological polar surface area (TPSA) is 54.5 Å². The zero-order valence-corrected chi connectivity index (χ0v) is 6.26. The van der Waals surface area contributed by atoms with E-state index in [1.807, 2.05) is 0 Å². The molecule has 0 bridgehead atoms. The number of nitrogens with zero attached hydrogens (tertiary/aromatic N) is 3. The van der Waals surface area contributed by atoms with Gasteiger partial charge in [-0.2, -0.15) is 18.4 Å². The van der Waals surface area contributed by atoms with Crippen molar-refractivity contribution in [2.24, 2.45) is 0 Å². The number of aromatic nitrogens is 4. The van der Waals surface area contributed by atoms with Crippen LogP contribution in [0.15, 0.2) is 0 Å². The highest BCUT2D eigenvalue weighted by atomic mass is 19.4. The van der Waals surface area contributed by atoms with E-state index in [-0.39, 0.29) is 5.82 Å². The third-order valence-electron chi connectivity index (χ3n) is 1.34. The molecule has 0 aliphatic heterocycles. The van der Waals surface area contributed by atoms with Gasteiger partial charge in [0.2, 0.25) is 0 Å². The van der Waals surface area contributed by atoms with E-state index in [0.717, 1.165) is 0 Å². The van der Waals surface area contributed by atoms with Gasteiger partial charge in [0.1, 0.15) is 0 Å². The fourth-order valence-corrected chi connectivity index (χ4v) is 0.817. The number of rotatable bonds is 2. The van der Waals surface area contributed by atoms with Gasteiger partial charge in [-0.15, -0.1) is 10.2 Å². The third kappa shape index (κ3) is 2.48. The van der Waals surface area contributed by atoms with Crippen molar-refractivity contribution in [2.75, 3.05) is 0 Å². The van der Waals surface area contributed by atoms with Crippen LogP contribution in [0.1, 0.15) is 25.1 Å². The third-order valence-corrected chi connectivity index (χ3v) is 1.34. The first kappa shape index (κ1) is 8.95. The highest BCUT2D eigenvalue weighted by Gasteiger charge is 2.31. The number of tetrazole rings is 1. The Balaban J connectivity index is 2.56. The van der Waals surface area contributed by atoms with Gasteiger partial charge in [0.15, 0.2) is 5.82 Å². The van der Waals surface area contributed by atoms with Gasteiger partial charge in [0, 0.05) is 5.92 Å². The van der Waals surface area contributed by atoms with Crippen LogP contribution in [0, 0.1) is 0 Å². The first-order valence-electron chi connectivity index (χ1n) is 3.29. The molecule has 1 heterocycles. The lowest BCUT2D eigenvalue weighted by molar-refractivity contribution is -0.138. The smallest absolute Gasteiger partial charge is 0.177 e. The van der Waals surface area contributed by atoms with Crippen LogP contribution in [0.5, 0.6) is 0 Å². The van der Waals surface area contributed by atoms with Crippen LogP contribution >= 0.6 is 0 Å². The largest absolute Gasteiger partial charge is 0.389 e.